The summed E-state index contributed by atoms with van der Waals surface area (Å²) in [7, 11) is 0. The Morgan fingerprint density at radius 1 is 0.966 bits per heavy atom. The van der Waals surface area contributed by atoms with Crippen molar-refractivity contribution < 1.29 is 15.0 Å². The first-order valence-corrected chi connectivity index (χ1v) is 10.9. The first-order valence-electron chi connectivity index (χ1n) is 10.9. The number of carbonyl (C=O) groups is 1. The highest BCUT2D eigenvalue weighted by atomic mass is 16.3. The van der Waals surface area contributed by atoms with E-state index < -0.39 is 0 Å². The van der Waals surface area contributed by atoms with Gasteiger partial charge in [-0.3, -0.25) is 4.79 Å². The number of amides is 1. The third kappa shape index (κ3) is 3.98. The van der Waals surface area contributed by atoms with E-state index in [4.69, 9.17) is 0 Å². The van der Waals surface area contributed by atoms with Crippen LogP contribution in [0.2, 0.25) is 0 Å². The molecule has 0 spiro atoms. The summed E-state index contributed by atoms with van der Waals surface area (Å²) in [5, 5.41) is 22.1. The second kappa shape index (κ2) is 8.89. The largest absolute Gasteiger partial charge is 0.507 e. The van der Waals surface area contributed by atoms with Crippen molar-refractivity contribution in [1.29, 1.82) is 0 Å². The van der Waals surface area contributed by atoms with Gasteiger partial charge in [0.15, 0.2) is 0 Å². The summed E-state index contributed by atoms with van der Waals surface area (Å²) in [4.78, 5) is 14.1. The van der Waals surface area contributed by atoms with Crippen LogP contribution in [0.1, 0.15) is 68.7 Å². The molecular weight excluding hydrogens is 362 g/mol. The Hall–Kier alpha value is -2.49. The first-order chi connectivity index (χ1) is 13.9. The minimum atomic E-state index is 0.0516. The number of nitrogens with zero attached hydrogens (tertiary/aromatic N) is 1. The van der Waals surface area contributed by atoms with Gasteiger partial charge in [0.25, 0.3) is 0 Å². The summed E-state index contributed by atoms with van der Waals surface area (Å²) in [5.41, 5.74) is 6.29. The van der Waals surface area contributed by atoms with Gasteiger partial charge in [-0.05, 0) is 72.6 Å². The quantitative estimate of drug-likeness (QED) is 0.635. The van der Waals surface area contributed by atoms with E-state index in [1.54, 1.807) is 4.90 Å². The SMILES string of the molecule is CCCc1cc(CC)cc(-c2cc(N3CCCC3=O)c(O)c(CCC)c2C)c1O. The topological polar surface area (TPSA) is 60.8 Å². The third-order valence-electron chi connectivity index (χ3n) is 6.00. The first kappa shape index (κ1) is 21.2. The molecule has 2 aromatic rings. The Morgan fingerprint density at radius 2 is 1.69 bits per heavy atom. The lowest BCUT2D eigenvalue weighted by Crippen LogP contribution is -2.24. The number of anilines is 1. The molecule has 0 bridgehead atoms. The van der Waals surface area contributed by atoms with E-state index in [0.717, 1.165) is 66.3 Å². The molecule has 0 radical (unpaired) electrons. The van der Waals surface area contributed by atoms with Gasteiger partial charge in [-0.2, -0.15) is 0 Å². The molecule has 1 fully saturated rings. The average molecular weight is 396 g/mol. The van der Waals surface area contributed by atoms with Gasteiger partial charge in [-0.1, -0.05) is 39.7 Å². The van der Waals surface area contributed by atoms with Crippen LogP contribution in [0.4, 0.5) is 5.69 Å². The smallest absolute Gasteiger partial charge is 0.227 e. The third-order valence-corrected chi connectivity index (χ3v) is 6.00. The lowest BCUT2D eigenvalue weighted by molar-refractivity contribution is -0.117. The van der Waals surface area contributed by atoms with Crippen LogP contribution >= 0.6 is 0 Å². The Kier molecular flexibility index (Phi) is 6.51. The summed E-state index contributed by atoms with van der Waals surface area (Å²) in [5.74, 6) is 0.581. The molecule has 3 rings (SSSR count). The second-order valence-electron chi connectivity index (χ2n) is 8.05. The predicted molar refractivity (Wildman–Crippen MR) is 119 cm³/mol. The standard InChI is InChI=1S/C25H33NO3/c1-5-9-18-13-17(7-3)14-21(24(18)28)20-15-22(26-12-8-11-23(26)27)25(29)19(10-6-2)16(20)4/h13-15,28-29H,5-12H2,1-4H3. The van der Waals surface area contributed by atoms with E-state index in [2.05, 4.69) is 32.9 Å². The molecular formula is C25H33NO3. The Morgan fingerprint density at radius 3 is 2.28 bits per heavy atom. The number of hydrogen-bond donors (Lipinski definition) is 2. The van der Waals surface area contributed by atoms with Gasteiger partial charge in [0.2, 0.25) is 5.91 Å². The van der Waals surface area contributed by atoms with Crippen LogP contribution < -0.4 is 4.90 Å². The zero-order valence-electron chi connectivity index (χ0n) is 18.1. The molecule has 0 aliphatic carbocycles. The highest BCUT2D eigenvalue weighted by Gasteiger charge is 2.28. The monoisotopic (exact) mass is 395 g/mol. The van der Waals surface area contributed by atoms with Gasteiger partial charge >= 0.3 is 0 Å². The van der Waals surface area contributed by atoms with E-state index in [0.29, 0.717) is 24.4 Å². The number of phenolic OH excluding ortho intramolecular Hbond substituents is 2. The molecule has 156 valence electrons. The Bertz CT molecular complexity index is 917. The van der Waals surface area contributed by atoms with E-state index in [9.17, 15) is 15.0 Å². The number of carbonyl (C=O) groups excluding carboxylic acids is 1. The minimum Gasteiger partial charge on any atom is -0.507 e. The highest BCUT2D eigenvalue weighted by Crippen LogP contribution is 2.44. The van der Waals surface area contributed by atoms with Gasteiger partial charge in [0.05, 0.1) is 5.69 Å². The fraction of sp³-hybridized carbons (Fsp3) is 0.480. The number of phenols is 2. The van der Waals surface area contributed by atoms with Crippen LogP contribution in [-0.4, -0.2) is 22.7 Å². The van der Waals surface area contributed by atoms with Crippen molar-refractivity contribution in [3.05, 3.63) is 40.5 Å². The summed E-state index contributed by atoms with van der Waals surface area (Å²) in [6.45, 7) is 8.95. The maximum atomic E-state index is 12.4. The van der Waals surface area contributed by atoms with Crippen molar-refractivity contribution in [3.8, 4) is 22.6 Å². The van der Waals surface area contributed by atoms with Crippen molar-refractivity contribution in [2.75, 3.05) is 11.4 Å². The molecule has 1 amide bonds. The van der Waals surface area contributed by atoms with E-state index in [1.807, 2.05) is 13.0 Å². The summed E-state index contributed by atoms with van der Waals surface area (Å²) < 4.78 is 0. The number of hydrogen-bond acceptors (Lipinski definition) is 3. The molecule has 0 aromatic heterocycles. The summed E-state index contributed by atoms with van der Waals surface area (Å²) in [6, 6.07) is 6.05. The zero-order chi connectivity index (χ0) is 21.1. The molecule has 29 heavy (non-hydrogen) atoms. The van der Waals surface area contributed by atoms with E-state index in [1.165, 1.54) is 5.56 Å². The predicted octanol–water partition coefficient (Wildman–Crippen LogP) is 5.67. The molecule has 0 atom stereocenters. The molecule has 1 aliphatic heterocycles. The van der Waals surface area contributed by atoms with Gasteiger partial charge < -0.3 is 15.1 Å². The molecule has 2 N–H and O–H groups in total. The molecule has 1 saturated heterocycles. The van der Waals surface area contributed by atoms with Crippen LogP contribution in [0, 0.1) is 6.92 Å². The average Bonchev–Trinajstić information content (AvgIpc) is 3.13. The number of rotatable bonds is 7. The minimum absolute atomic E-state index is 0.0516. The fourth-order valence-corrected chi connectivity index (χ4v) is 4.38. The molecule has 2 aromatic carbocycles. The molecule has 0 saturated carbocycles. The van der Waals surface area contributed by atoms with Crippen molar-refractivity contribution in [2.24, 2.45) is 0 Å². The highest BCUT2D eigenvalue weighted by molar-refractivity contribution is 5.98. The van der Waals surface area contributed by atoms with Crippen molar-refractivity contribution in [1.82, 2.24) is 0 Å². The van der Waals surface area contributed by atoms with Crippen molar-refractivity contribution in [2.45, 2.75) is 72.6 Å². The second-order valence-corrected chi connectivity index (χ2v) is 8.05. The molecule has 0 unspecified atom stereocenters. The summed E-state index contributed by atoms with van der Waals surface area (Å²) in [6.07, 6.45) is 5.63. The lowest BCUT2D eigenvalue weighted by atomic mass is 9.89. The number of aromatic hydroxyl groups is 2. The van der Waals surface area contributed by atoms with Gasteiger partial charge in [-0.25, -0.2) is 0 Å². The maximum Gasteiger partial charge on any atom is 0.227 e. The van der Waals surface area contributed by atoms with E-state index in [-0.39, 0.29) is 11.7 Å². The molecule has 1 heterocycles. The van der Waals surface area contributed by atoms with Gasteiger partial charge in [0, 0.05) is 18.5 Å². The lowest BCUT2D eigenvalue weighted by Gasteiger charge is -2.24. The van der Waals surface area contributed by atoms with Gasteiger partial charge in [0.1, 0.15) is 11.5 Å². The van der Waals surface area contributed by atoms with E-state index >= 15 is 0 Å². The van der Waals surface area contributed by atoms with Crippen LogP contribution in [0.3, 0.4) is 0 Å². The van der Waals surface area contributed by atoms with Crippen LogP contribution in [-0.2, 0) is 24.1 Å². The number of benzene rings is 2. The number of aryl methyl sites for hydroxylation is 2. The zero-order valence-corrected chi connectivity index (χ0v) is 18.1. The van der Waals surface area contributed by atoms with Crippen LogP contribution in [0.15, 0.2) is 18.2 Å². The van der Waals surface area contributed by atoms with Crippen molar-refractivity contribution in [3.63, 3.8) is 0 Å². The van der Waals surface area contributed by atoms with Crippen LogP contribution in [0.5, 0.6) is 11.5 Å². The molecule has 1 aliphatic rings. The maximum absolute atomic E-state index is 12.4. The molecule has 4 nitrogen and oxygen atoms in total. The normalized spacial score (nSPS) is 14.1. The molecule has 4 heteroatoms. The summed E-state index contributed by atoms with van der Waals surface area (Å²) >= 11 is 0. The Labute approximate surface area is 174 Å². The fourth-order valence-electron chi connectivity index (χ4n) is 4.38. The van der Waals surface area contributed by atoms with Crippen molar-refractivity contribution >= 4 is 11.6 Å². The van der Waals surface area contributed by atoms with Gasteiger partial charge in [-0.15, -0.1) is 0 Å². The Balaban J connectivity index is 2.28. The van der Waals surface area contributed by atoms with Crippen LogP contribution in [0.25, 0.3) is 11.1 Å².